The van der Waals surface area contributed by atoms with Crippen LogP contribution in [0.25, 0.3) is 0 Å². The lowest BCUT2D eigenvalue weighted by molar-refractivity contribution is 0.398. The molecule has 0 unspecified atom stereocenters. The quantitative estimate of drug-likeness (QED) is 0.712. The molecule has 1 aromatic rings. The van der Waals surface area contributed by atoms with Crippen LogP contribution in [0.2, 0.25) is 0 Å². The van der Waals surface area contributed by atoms with Crippen LogP contribution in [0.4, 0.5) is 0 Å². The van der Waals surface area contributed by atoms with Crippen molar-refractivity contribution in [1.82, 2.24) is 14.8 Å². The number of hydrogen-bond acceptors (Lipinski definition) is 4. The van der Waals surface area contributed by atoms with Crippen molar-refractivity contribution >= 4 is 0 Å². The van der Waals surface area contributed by atoms with Crippen molar-refractivity contribution in [3.8, 4) is 12.1 Å². The van der Waals surface area contributed by atoms with Gasteiger partial charge >= 0.3 is 0 Å². The second-order valence-corrected chi connectivity index (χ2v) is 3.69. The zero-order valence-electron chi connectivity index (χ0n) is 8.23. The maximum atomic E-state index is 8.78. The first-order valence-electron chi connectivity index (χ1n) is 4.28. The Morgan fingerprint density at radius 3 is 2.71 bits per heavy atom. The molecule has 0 spiro atoms. The van der Waals surface area contributed by atoms with E-state index in [9.17, 15) is 0 Å². The van der Waals surface area contributed by atoms with E-state index in [2.05, 4.69) is 16.2 Å². The fraction of sp³-hybridized carbons (Fsp3) is 0.556. The largest absolute Gasteiger partial charge is 0.252 e. The summed E-state index contributed by atoms with van der Waals surface area (Å²) < 4.78 is 1.58. The van der Waals surface area contributed by atoms with Gasteiger partial charge < -0.3 is 0 Å². The molecule has 0 saturated carbocycles. The topological polar surface area (TPSA) is 78.3 Å². The third-order valence-electron chi connectivity index (χ3n) is 1.91. The van der Waals surface area contributed by atoms with Crippen molar-refractivity contribution in [3.05, 3.63) is 12.2 Å². The molecule has 14 heavy (non-hydrogen) atoms. The minimum absolute atomic E-state index is 0.166. The predicted octanol–water partition coefficient (Wildman–Crippen LogP) is 1.09. The van der Waals surface area contributed by atoms with Gasteiger partial charge in [0, 0.05) is 6.54 Å². The number of aromatic nitrogens is 3. The van der Waals surface area contributed by atoms with Crippen molar-refractivity contribution < 1.29 is 0 Å². The summed E-state index contributed by atoms with van der Waals surface area (Å²) in [6.45, 7) is 4.35. The van der Waals surface area contributed by atoms with Gasteiger partial charge in [-0.1, -0.05) is 0 Å². The smallest absolute Gasteiger partial charge is 0.252 e. The lowest BCUT2D eigenvalue weighted by Crippen LogP contribution is -2.12. The van der Waals surface area contributed by atoms with E-state index in [1.807, 2.05) is 19.9 Å². The minimum Gasteiger partial charge on any atom is -0.252 e. The first kappa shape index (κ1) is 10.2. The van der Waals surface area contributed by atoms with Gasteiger partial charge in [-0.05, 0) is 20.3 Å². The maximum Gasteiger partial charge on any atom is 0.252 e. The van der Waals surface area contributed by atoms with Crippen molar-refractivity contribution in [1.29, 1.82) is 10.5 Å². The second kappa shape index (κ2) is 3.89. The molecule has 0 aliphatic rings. The summed E-state index contributed by atoms with van der Waals surface area (Å²) in [5.74, 6) is 0.166. The van der Waals surface area contributed by atoms with E-state index in [1.54, 1.807) is 4.68 Å². The van der Waals surface area contributed by atoms with E-state index < -0.39 is 0 Å². The molecule has 0 aliphatic heterocycles. The summed E-state index contributed by atoms with van der Waals surface area (Å²) in [7, 11) is 0. The fourth-order valence-corrected chi connectivity index (χ4v) is 0.904. The second-order valence-electron chi connectivity index (χ2n) is 3.69. The van der Waals surface area contributed by atoms with Gasteiger partial charge in [0.05, 0.1) is 11.5 Å². The first-order chi connectivity index (χ1) is 6.57. The molecule has 1 aromatic heterocycles. The van der Waals surface area contributed by atoms with E-state index in [1.165, 1.54) is 6.33 Å². The standard InChI is InChI=1S/C9H11N5/c1-9(2,6-11)3-4-14-7-12-8(5-10)13-14/h7H,3-4H2,1-2H3. The Balaban J connectivity index is 2.56. The molecule has 0 atom stereocenters. The van der Waals surface area contributed by atoms with Crippen LogP contribution in [0.1, 0.15) is 26.1 Å². The highest BCUT2D eigenvalue weighted by Crippen LogP contribution is 2.18. The van der Waals surface area contributed by atoms with Crippen molar-refractivity contribution in [2.75, 3.05) is 0 Å². The van der Waals surface area contributed by atoms with Gasteiger partial charge in [-0.3, -0.25) is 4.68 Å². The van der Waals surface area contributed by atoms with Crippen molar-refractivity contribution in [3.63, 3.8) is 0 Å². The molecule has 1 heterocycles. The van der Waals surface area contributed by atoms with Crippen LogP contribution in [0.3, 0.4) is 0 Å². The van der Waals surface area contributed by atoms with Crippen LogP contribution in [-0.4, -0.2) is 14.8 Å². The zero-order chi connectivity index (χ0) is 10.6. The van der Waals surface area contributed by atoms with Crippen LogP contribution >= 0.6 is 0 Å². The average Bonchev–Trinajstić information content (AvgIpc) is 2.63. The van der Waals surface area contributed by atoms with E-state index in [4.69, 9.17) is 10.5 Å². The Bertz CT molecular complexity index is 390. The van der Waals surface area contributed by atoms with Crippen molar-refractivity contribution in [2.45, 2.75) is 26.8 Å². The van der Waals surface area contributed by atoms with Gasteiger partial charge in [-0.15, -0.1) is 5.10 Å². The Morgan fingerprint density at radius 1 is 1.50 bits per heavy atom. The van der Waals surface area contributed by atoms with Crippen LogP contribution in [-0.2, 0) is 6.54 Å². The molecule has 5 heteroatoms. The Labute approximate surface area is 82.6 Å². The van der Waals surface area contributed by atoms with E-state index in [-0.39, 0.29) is 11.2 Å². The number of hydrogen-bond donors (Lipinski definition) is 0. The summed E-state index contributed by atoms with van der Waals surface area (Å²) in [5.41, 5.74) is -0.362. The van der Waals surface area contributed by atoms with Crippen LogP contribution in [0.15, 0.2) is 6.33 Å². The summed E-state index contributed by atoms with van der Waals surface area (Å²) >= 11 is 0. The molecule has 0 radical (unpaired) electrons. The Morgan fingerprint density at radius 2 is 2.21 bits per heavy atom. The summed E-state index contributed by atoms with van der Waals surface area (Å²) in [6.07, 6.45) is 2.20. The Hall–Kier alpha value is -1.88. The Kier molecular flexibility index (Phi) is 2.83. The predicted molar refractivity (Wildman–Crippen MR) is 48.7 cm³/mol. The molecule has 0 aromatic carbocycles. The van der Waals surface area contributed by atoms with Gasteiger partial charge in [0.15, 0.2) is 0 Å². The monoisotopic (exact) mass is 189 g/mol. The molecule has 72 valence electrons. The van der Waals surface area contributed by atoms with E-state index in [0.717, 1.165) is 0 Å². The van der Waals surface area contributed by atoms with Gasteiger partial charge in [-0.25, -0.2) is 4.98 Å². The van der Waals surface area contributed by atoms with Crippen LogP contribution in [0, 0.1) is 28.1 Å². The number of rotatable bonds is 3. The van der Waals surface area contributed by atoms with Gasteiger partial charge in [0.2, 0.25) is 0 Å². The van der Waals surface area contributed by atoms with Crippen LogP contribution < -0.4 is 0 Å². The summed E-state index contributed by atoms with van der Waals surface area (Å²) in [6, 6.07) is 4.06. The molecule has 0 bridgehead atoms. The molecule has 0 saturated heterocycles. The van der Waals surface area contributed by atoms with Gasteiger partial charge in [0.1, 0.15) is 12.4 Å². The first-order valence-corrected chi connectivity index (χ1v) is 4.28. The third kappa shape index (κ3) is 2.56. The SMILES string of the molecule is CC(C)(C#N)CCn1cnc(C#N)n1. The average molecular weight is 189 g/mol. The molecule has 0 aliphatic carbocycles. The molecule has 0 fully saturated rings. The van der Waals surface area contributed by atoms with Crippen LogP contribution in [0.5, 0.6) is 0 Å². The molecule has 0 amide bonds. The highest BCUT2D eigenvalue weighted by Gasteiger charge is 2.16. The van der Waals surface area contributed by atoms with E-state index in [0.29, 0.717) is 13.0 Å². The summed E-state index contributed by atoms with van der Waals surface area (Å²) in [4.78, 5) is 3.77. The molecular formula is C9H11N5. The maximum absolute atomic E-state index is 8.78. The highest BCUT2D eigenvalue weighted by atomic mass is 15.3. The number of nitriles is 2. The number of nitrogens with zero attached hydrogens (tertiary/aromatic N) is 5. The highest BCUT2D eigenvalue weighted by molar-refractivity contribution is 5.05. The third-order valence-corrected chi connectivity index (χ3v) is 1.91. The normalized spacial score (nSPS) is 10.6. The zero-order valence-corrected chi connectivity index (χ0v) is 8.23. The molecule has 5 nitrogen and oxygen atoms in total. The molecule has 1 rings (SSSR count). The lowest BCUT2D eigenvalue weighted by atomic mass is 9.92. The molecular weight excluding hydrogens is 178 g/mol. The minimum atomic E-state index is -0.362. The van der Waals surface area contributed by atoms with Gasteiger partial charge in [0.25, 0.3) is 5.82 Å². The number of aryl methyl sites for hydroxylation is 1. The van der Waals surface area contributed by atoms with E-state index >= 15 is 0 Å². The lowest BCUT2D eigenvalue weighted by Gasteiger charge is -2.13. The van der Waals surface area contributed by atoms with Crippen molar-refractivity contribution in [2.24, 2.45) is 5.41 Å². The molecule has 0 N–H and O–H groups in total. The summed E-state index contributed by atoms with van der Waals surface area (Å²) in [5, 5.41) is 21.2. The fourth-order valence-electron chi connectivity index (χ4n) is 0.904. The van der Waals surface area contributed by atoms with Gasteiger partial charge in [-0.2, -0.15) is 10.5 Å².